The molecule has 3 aliphatic carbocycles. The molecule has 13 N–H and O–H groups in total. The van der Waals surface area contributed by atoms with E-state index in [0.29, 0.717) is 16.9 Å². The number of phenolic OH excluding ortho intramolecular Hbond substituents is 6. The lowest BCUT2D eigenvalue weighted by molar-refractivity contribution is -0.385. The van der Waals surface area contributed by atoms with E-state index in [9.17, 15) is 69.5 Å². The van der Waals surface area contributed by atoms with E-state index >= 15 is 0 Å². The SMILES string of the molecule is CNc1cc(C)c(O)c2c1C(=O)c1c(O)ccc(N)c1C2=O.CNc1ccc(O)c2c1C(=O)c1c(N)ccc(O)c1C2=O.CNc1ccc(O)c2c1C(=O)c1c(O)ccc([N+](=O)[O-])c1C2=O. The number of fused-ring (bicyclic) bond motifs is 6. The third kappa shape index (κ3) is 6.63. The van der Waals surface area contributed by atoms with Crippen molar-refractivity contribution in [2.75, 3.05) is 48.6 Å². The maximum atomic E-state index is 12.8. The molecular formula is C46H36N6O14. The van der Waals surface area contributed by atoms with Crippen LogP contribution in [0.3, 0.4) is 0 Å². The van der Waals surface area contributed by atoms with Gasteiger partial charge in [-0.05, 0) is 73.2 Å². The Morgan fingerprint density at radius 1 is 0.424 bits per heavy atom. The fourth-order valence-corrected chi connectivity index (χ4v) is 8.10. The van der Waals surface area contributed by atoms with Crippen LogP contribution in [0.2, 0.25) is 0 Å². The third-order valence-corrected chi connectivity index (χ3v) is 11.2. The molecule has 0 saturated heterocycles. The molecule has 0 heterocycles. The van der Waals surface area contributed by atoms with Gasteiger partial charge in [0.05, 0.1) is 66.1 Å². The minimum Gasteiger partial charge on any atom is -0.507 e. The second-order valence-corrected chi connectivity index (χ2v) is 14.8. The van der Waals surface area contributed by atoms with Crippen LogP contribution in [-0.2, 0) is 0 Å². The Kier molecular flexibility index (Phi) is 11.0. The van der Waals surface area contributed by atoms with Crippen molar-refractivity contribution in [3.8, 4) is 34.5 Å². The quantitative estimate of drug-likeness (QED) is 0.0472. The van der Waals surface area contributed by atoms with E-state index < -0.39 is 67.9 Å². The second kappa shape index (κ2) is 16.3. The number of aryl methyl sites for hydroxylation is 1. The number of hydrogen-bond donors (Lipinski definition) is 11. The number of aromatic hydroxyl groups is 6. The van der Waals surface area contributed by atoms with Crippen LogP contribution in [0.15, 0.2) is 66.7 Å². The van der Waals surface area contributed by atoms with Crippen molar-refractivity contribution < 1.29 is 64.3 Å². The lowest BCUT2D eigenvalue weighted by atomic mass is 9.80. The van der Waals surface area contributed by atoms with Crippen LogP contribution >= 0.6 is 0 Å². The van der Waals surface area contributed by atoms with Gasteiger partial charge in [-0.1, -0.05) is 0 Å². The van der Waals surface area contributed by atoms with Crippen LogP contribution in [0.4, 0.5) is 34.1 Å². The van der Waals surface area contributed by atoms with Gasteiger partial charge in [-0.15, -0.1) is 0 Å². The average molecular weight is 897 g/mol. The van der Waals surface area contributed by atoms with Crippen molar-refractivity contribution in [2.24, 2.45) is 0 Å². The highest BCUT2D eigenvalue weighted by Gasteiger charge is 2.42. The minimum absolute atomic E-state index is 0.0328. The van der Waals surface area contributed by atoms with Gasteiger partial charge in [0.15, 0.2) is 5.78 Å². The van der Waals surface area contributed by atoms with Crippen LogP contribution in [0.5, 0.6) is 34.5 Å². The van der Waals surface area contributed by atoms with Crippen molar-refractivity contribution in [1.29, 1.82) is 0 Å². The summed E-state index contributed by atoms with van der Waals surface area (Å²) in [6, 6.07) is 14.2. The van der Waals surface area contributed by atoms with E-state index in [1.807, 2.05) is 0 Å². The number of nitrogens with one attached hydrogen (secondary N) is 3. The first kappa shape index (κ1) is 44.6. The molecule has 0 spiro atoms. The topological polar surface area (TPSA) is 355 Å². The number of nitrogens with zero attached hydrogens (tertiary/aromatic N) is 1. The number of anilines is 5. The van der Waals surface area contributed by atoms with E-state index in [2.05, 4.69) is 16.0 Å². The van der Waals surface area contributed by atoms with Crippen LogP contribution in [0, 0.1) is 17.0 Å². The summed E-state index contributed by atoms with van der Waals surface area (Å²) in [5.74, 6) is -6.09. The van der Waals surface area contributed by atoms with Gasteiger partial charge in [0.1, 0.15) is 40.1 Å². The van der Waals surface area contributed by atoms with Gasteiger partial charge in [0.2, 0.25) is 28.9 Å². The Hall–Kier alpha value is -9.46. The molecule has 334 valence electrons. The maximum absolute atomic E-state index is 12.8. The number of carbonyl (C=O) groups is 6. The molecule has 20 nitrogen and oxygen atoms in total. The van der Waals surface area contributed by atoms with E-state index in [1.54, 1.807) is 27.1 Å². The van der Waals surface area contributed by atoms with E-state index in [1.165, 1.54) is 55.6 Å². The zero-order valence-corrected chi connectivity index (χ0v) is 34.9. The van der Waals surface area contributed by atoms with Crippen molar-refractivity contribution in [2.45, 2.75) is 6.92 Å². The fraction of sp³-hybridized carbons (Fsp3) is 0.0870. The molecule has 9 rings (SSSR count). The monoisotopic (exact) mass is 896 g/mol. The predicted molar refractivity (Wildman–Crippen MR) is 238 cm³/mol. The highest BCUT2D eigenvalue weighted by molar-refractivity contribution is 6.35. The number of nitro benzene ring substituents is 1. The fourth-order valence-electron chi connectivity index (χ4n) is 8.10. The highest BCUT2D eigenvalue weighted by atomic mass is 16.6. The molecule has 0 aromatic heterocycles. The number of phenols is 6. The van der Waals surface area contributed by atoms with Crippen molar-refractivity contribution >= 4 is 68.8 Å². The number of nitrogen functional groups attached to an aromatic ring is 2. The zero-order valence-electron chi connectivity index (χ0n) is 34.9. The molecule has 66 heavy (non-hydrogen) atoms. The Labute approximate surface area is 371 Å². The summed E-state index contributed by atoms with van der Waals surface area (Å²) in [5, 5.41) is 79.4. The number of ketones is 6. The van der Waals surface area contributed by atoms with Crippen molar-refractivity contribution in [1.82, 2.24) is 0 Å². The highest BCUT2D eigenvalue weighted by Crippen LogP contribution is 2.45. The normalized spacial score (nSPS) is 12.7. The van der Waals surface area contributed by atoms with E-state index in [-0.39, 0.29) is 95.7 Å². The summed E-state index contributed by atoms with van der Waals surface area (Å²) in [6.07, 6.45) is 0. The Morgan fingerprint density at radius 2 is 0.727 bits per heavy atom. The molecule has 0 bridgehead atoms. The summed E-state index contributed by atoms with van der Waals surface area (Å²) in [5.41, 5.74) is 10.8. The van der Waals surface area contributed by atoms with Gasteiger partial charge < -0.3 is 58.1 Å². The summed E-state index contributed by atoms with van der Waals surface area (Å²) in [7, 11) is 4.73. The van der Waals surface area contributed by atoms with Gasteiger partial charge in [0.25, 0.3) is 5.69 Å². The molecule has 6 aromatic carbocycles. The minimum atomic E-state index is -0.883. The Balaban J connectivity index is 0.000000147. The summed E-state index contributed by atoms with van der Waals surface area (Å²) in [6.45, 7) is 1.63. The van der Waals surface area contributed by atoms with Gasteiger partial charge in [-0.3, -0.25) is 38.9 Å². The third-order valence-electron chi connectivity index (χ3n) is 11.2. The number of hydrogen-bond acceptors (Lipinski definition) is 19. The van der Waals surface area contributed by atoms with Crippen LogP contribution in [0.25, 0.3) is 0 Å². The number of nitro groups is 1. The first-order chi connectivity index (χ1) is 31.2. The number of benzene rings is 6. The van der Waals surface area contributed by atoms with Gasteiger partial charge in [-0.2, -0.15) is 0 Å². The van der Waals surface area contributed by atoms with Gasteiger partial charge in [-0.25, -0.2) is 0 Å². The molecule has 0 atom stereocenters. The van der Waals surface area contributed by atoms with Crippen molar-refractivity contribution in [3.05, 3.63) is 149 Å². The Bertz CT molecular complexity index is 3250. The first-order valence-corrected chi connectivity index (χ1v) is 19.4. The predicted octanol–water partition coefficient (Wildman–Crippen LogP) is 5.13. The molecule has 0 unspecified atom stereocenters. The van der Waals surface area contributed by atoms with Gasteiger partial charge >= 0.3 is 0 Å². The molecule has 0 amide bonds. The van der Waals surface area contributed by atoms with E-state index in [0.717, 1.165) is 12.1 Å². The number of nitrogens with two attached hydrogens (primary N) is 2. The Morgan fingerprint density at radius 3 is 1.14 bits per heavy atom. The van der Waals surface area contributed by atoms with Gasteiger partial charge in [0, 0.05) is 55.6 Å². The average Bonchev–Trinajstić information content (AvgIpc) is 3.28. The second-order valence-electron chi connectivity index (χ2n) is 14.8. The van der Waals surface area contributed by atoms with E-state index in [4.69, 9.17) is 11.5 Å². The molecule has 20 heteroatoms. The number of carbonyl (C=O) groups excluding carboxylic acids is 6. The molecule has 6 aromatic rings. The summed E-state index contributed by atoms with van der Waals surface area (Å²) >= 11 is 0. The molecule has 0 fully saturated rings. The summed E-state index contributed by atoms with van der Waals surface area (Å²) in [4.78, 5) is 86.4. The van der Waals surface area contributed by atoms with Crippen LogP contribution in [-0.4, -0.2) is 91.4 Å². The zero-order chi connectivity index (χ0) is 48.4. The largest absolute Gasteiger partial charge is 0.507 e. The van der Waals surface area contributed by atoms with Crippen LogP contribution in [0.1, 0.15) is 101 Å². The lowest BCUT2D eigenvalue weighted by Crippen LogP contribution is -2.24. The molecule has 0 saturated carbocycles. The van der Waals surface area contributed by atoms with Crippen molar-refractivity contribution in [3.63, 3.8) is 0 Å². The number of rotatable bonds is 4. The van der Waals surface area contributed by atoms with Crippen LogP contribution < -0.4 is 27.4 Å². The molecule has 3 aliphatic rings. The lowest BCUT2D eigenvalue weighted by Gasteiger charge is -2.23. The first-order valence-electron chi connectivity index (χ1n) is 19.4. The molecule has 0 aliphatic heterocycles. The maximum Gasteiger partial charge on any atom is 0.281 e. The molecular weight excluding hydrogens is 861 g/mol. The molecule has 0 radical (unpaired) electrons. The smallest absolute Gasteiger partial charge is 0.281 e. The summed E-state index contributed by atoms with van der Waals surface area (Å²) < 4.78 is 0. The standard InChI is InChI=1S/C16H14N2O4.C15H10N2O6.C15H12N2O4/c1-6-5-8(18-2)11-13(14(6)20)15(21)10-7(17)3-4-9(19)12(10)16(11)22;1-16-6-2-4-8(18)12-10(6)14(20)13-9(19)5-3-7(17(22)23)11(13)15(12)21;1-17-7-3-5-9(19)13-11(7)14(20)10-6(16)2-4-8(18)12(10)15(13)21/h3-5,18-20H,17H2,1-2H3;2-5,16,18-19H,1H3;2-5,17-19H,16H2,1H3.